The van der Waals surface area contributed by atoms with Crippen molar-refractivity contribution < 1.29 is 19.0 Å². The van der Waals surface area contributed by atoms with Crippen LogP contribution < -0.4 is 14.4 Å². The highest BCUT2D eigenvalue weighted by atomic mass is 16.5. The quantitative estimate of drug-likeness (QED) is 0.705. The van der Waals surface area contributed by atoms with Gasteiger partial charge in [0.15, 0.2) is 0 Å². The highest BCUT2D eigenvalue weighted by Crippen LogP contribution is 2.20. The first-order chi connectivity index (χ1) is 9.01. The molecule has 0 amide bonds. The largest absolute Gasteiger partial charge is 0.481 e. The van der Waals surface area contributed by atoms with Crippen LogP contribution in [0.15, 0.2) is 6.07 Å². The van der Waals surface area contributed by atoms with Gasteiger partial charge in [-0.2, -0.15) is 9.97 Å². The molecule has 0 aliphatic carbocycles. The average Bonchev–Trinajstić information content (AvgIpc) is 2.45. The Kier molecular flexibility index (Phi) is 5.35. The molecule has 106 valence electrons. The Bertz CT molecular complexity index is 417. The predicted octanol–water partition coefficient (Wildman–Crippen LogP) is 0.739. The topological polar surface area (TPSA) is 73.8 Å². The lowest BCUT2D eigenvalue weighted by Crippen LogP contribution is -2.30. The van der Waals surface area contributed by atoms with Crippen LogP contribution in [0.5, 0.6) is 11.8 Å². The van der Waals surface area contributed by atoms with Gasteiger partial charge in [-0.3, -0.25) is 4.79 Å². The summed E-state index contributed by atoms with van der Waals surface area (Å²) >= 11 is 0. The molecule has 0 aliphatic heterocycles. The van der Waals surface area contributed by atoms with Gasteiger partial charge in [0.1, 0.15) is 0 Å². The molecular weight excluding hydrogens is 250 g/mol. The summed E-state index contributed by atoms with van der Waals surface area (Å²) in [5.74, 6) is 0.670. The second-order valence-electron chi connectivity index (χ2n) is 4.06. The van der Waals surface area contributed by atoms with Gasteiger partial charge in [-0.05, 0) is 0 Å². The van der Waals surface area contributed by atoms with E-state index in [9.17, 15) is 4.79 Å². The van der Waals surface area contributed by atoms with E-state index in [4.69, 9.17) is 9.47 Å². The number of ether oxygens (including phenoxy) is 3. The van der Waals surface area contributed by atoms with Crippen molar-refractivity contribution in [3.8, 4) is 11.8 Å². The van der Waals surface area contributed by atoms with E-state index in [1.807, 2.05) is 0 Å². The Morgan fingerprint density at radius 1 is 1.26 bits per heavy atom. The second-order valence-corrected chi connectivity index (χ2v) is 4.06. The van der Waals surface area contributed by atoms with E-state index < -0.39 is 0 Å². The van der Waals surface area contributed by atoms with Crippen LogP contribution in [0.4, 0.5) is 5.95 Å². The highest BCUT2D eigenvalue weighted by molar-refractivity contribution is 5.72. The molecule has 19 heavy (non-hydrogen) atoms. The lowest BCUT2D eigenvalue weighted by atomic mass is 10.2. The number of methoxy groups -OCH3 is 3. The zero-order valence-corrected chi connectivity index (χ0v) is 11.8. The monoisotopic (exact) mass is 269 g/mol. The molecule has 0 saturated heterocycles. The molecule has 1 rings (SSSR count). The standard InChI is InChI=1S/C12H19N3O4/c1-8(11(16)19-5)7-15(2)12-13-9(17-3)6-10(14-12)18-4/h6,8H,7H2,1-5H3. The van der Waals surface area contributed by atoms with Crippen LogP contribution in [0.2, 0.25) is 0 Å². The van der Waals surface area contributed by atoms with Crippen molar-refractivity contribution in [3.63, 3.8) is 0 Å². The fraction of sp³-hybridized carbons (Fsp3) is 0.583. The van der Waals surface area contributed by atoms with Crippen molar-refractivity contribution in [2.75, 3.05) is 39.8 Å². The molecule has 0 bridgehead atoms. The van der Waals surface area contributed by atoms with E-state index in [2.05, 4.69) is 14.7 Å². The van der Waals surface area contributed by atoms with Crippen molar-refractivity contribution in [2.24, 2.45) is 5.92 Å². The van der Waals surface area contributed by atoms with Gasteiger partial charge in [-0.25, -0.2) is 0 Å². The summed E-state index contributed by atoms with van der Waals surface area (Å²) in [6, 6.07) is 1.58. The van der Waals surface area contributed by atoms with Crippen LogP contribution in [0, 0.1) is 5.92 Å². The molecule has 0 radical (unpaired) electrons. The van der Waals surface area contributed by atoms with E-state index in [0.717, 1.165) is 0 Å². The van der Waals surface area contributed by atoms with Gasteiger partial charge in [0.2, 0.25) is 17.7 Å². The molecule has 0 saturated carbocycles. The lowest BCUT2D eigenvalue weighted by Gasteiger charge is -2.20. The SMILES string of the molecule is COC(=O)C(C)CN(C)c1nc(OC)cc(OC)n1. The summed E-state index contributed by atoms with van der Waals surface area (Å²) in [6.07, 6.45) is 0. The molecule has 1 unspecified atom stereocenters. The second kappa shape index (κ2) is 6.77. The number of hydrogen-bond acceptors (Lipinski definition) is 7. The normalized spacial score (nSPS) is 11.6. The van der Waals surface area contributed by atoms with Crippen LogP contribution in [-0.4, -0.2) is 50.9 Å². The summed E-state index contributed by atoms with van der Waals surface area (Å²) in [4.78, 5) is 21.5. The van der Waals surface area contributed by atoms with Crippen LogP contribution >= 0.6 is 0 Å². The van der Waals surface area contributed by atoms with E-state index in [1.165, 1.54) is 21.3 Å². The molecule has 0 aromatic carbocycles. The number of nitrogens with zero attached hydrogens (tertiary/aromatic N) is 3. The van der Waals surface area contributed by atoms with Gasteiger partial charge in [-0.1, -0.05) is 6.92 Å². The number of carbonyl (C=O) groups is 1. The summed E-state index contributed by atoms with van der Waals surface area (Å²) in [6.45, 7) is 2.21. The summed E-state index contributed by atoms with van der Waals surface area (Å²) < 4.78 is 14.8. The van der Waals surface area contributed by atoms with E-state index in [-0.39, 0.29) is 11.9 Å². The number of anilines is 1. The first-order valence-corrected chi connectivity index (χ1v) is 5.77. The van der Waals surface area contributed by atoms with Gasteiger partial charge in [0, 0.05) is 13.6 Å². The average molecular weight is 269 g/mol. The molecule has 7 heteroatoms. The molecule has 7 nitrogen and oxygen atoms in total. The maximum atomic E-state index is 11.4. The first-order valence-electron chi connectivity index (χ1n) is 5.77. The van der Waals surface area contributed by atoms with Crippen LogP contribution in [0.3, 0.4) is 0 Å². The number of esters is 1. The summed E-state index contributed by atoms with van der Waals surface area (Å²) in [5, 5.41) is 0. The lowest BCUT2D eigenvalue weighted by molar-refractivity contribution is -0.144. The van der Waals surface area contributed by atoms with Crippen molar-refractivity contribution in [1.29, 1.82) is 0 Å². The minimum Gasteiger partial charge on any atom is -0.481 e. The van der Waals surface area contributed by atoms with Crippen molar-refractivity contribution in [1.82, 2.24) is 9.97 Å². The maximum Gasteiger partial charge on any atom is 0.310 e. The number of aromatic nitrogens is 2. The third kappa shape index (κ3) is 3.97. The number of hydrogen-bond donors (Lipinski definition) is 0. The third-order valence-corrected chi connectivity index (χ3v) is 2.58. The third-order valence-electron chi connectivity index (χ3n) is 2.58. The van der Waals surface area contributed by atoms with Crippen molar-refractivity contribution in [2.45, 2.75) is 6.92 Å². The first kappa shape index (κ1) is 15.0. The number of rotatable bonds is 6. The maximum absolute atomic E-state index is 11.4. The van der Waals surface area contributed by atoms with E-state index in [1.54, 1.807) is 24.9 Å². The van der Waals surface area contributed by atoms with Crippen molar-refractivity contribution in [3.05, 3.63) is 6.07 Å². The molecule has 0 N–H and O–H groups in total. The Morgan fingerprint density at radius 3 is 2.21 bits per heavy atom. The van der Waals surface area contributed by atoms with Crippen LogP contribution in [0.1, 0.15) is 6.92 Å². The van der Waals surface area contributed by atoms with Crippen LogP contribution in [0.25, 0.3) is 0 Å². The molecule has 1 atom stereocenters. The predicted molar refractivity (Wildman–Crippen MR) is 69.6 cm³/mol. The minimum atomic E-state index is -0.282. The number of carbonyl (C=O) groups excluding carboxylic acids is 1. The van der Waals surface area contributed by atoms with Crippen LogP contribution in [-0.2, 0) is 9.53 Å². The van der Waals surface area contributed by atoms with Gasteiger partial charge < -0.3 is 19.1 Å². The smallest absolute Gasteiger partial charge is 0.310 e. The Morgan fingerprint density at radius 2 is 1.79 bits per heavy atom. The molecule has 0 aliphatic rings. The molecule has 1 heterocycles. The van der Waals surface area contributed by atoms with Gasteiger partial charge in [0.05, 0.1) is 33.3 Å². The zero-order chi connectivity index (χ0) is 14.4. The van der Waals surface area contributed by atoms with Crippen molar-refractivity contribution >= 4 is 11.9 Å². The van der Waals surface area contributed by atoms with E-state index in [0.29, 0.717) is 24.3 Å². The van der Waals surface area contributed by atoms with Gasteiger partial charge in [0.25, 0.3) is 0 Å². The Labute approximate surface area is 112 Å². The Hall–Kier alpha value is -2.05. The fourth-order valence-electron chi connectivity index (χ4n) is 1.54. The fourth-order valence-corrected chi connectivity index (χ4v) is 1.54. The molecule has 0 fully saturated rings. The summed E-state index contributed by atoms with van der Waals surface area (Å²) in [7, 11) is 6.18. The molecule has 1 aromatic rings. The van der Waals surface area contributed by atoms with Gasteiger partial charge in [-0.15, -0.1) is 0 Å². The highest BCUT2D eigenvalue weighted by Gasteiger charge is 2.18. The molecule has 0 spiro atoms. The Balaban J connectivity index is 2.86. The molecular formula is C12H19N3O4. The van der Waals surface area contributed by atoms with Gasteiger partial charge >= 0.3 is 5.97 Å². The van der Waals surface area contributed by atoms with E-state index >= 15 is 0 Å². The molecule has 1 aromatic heterocycles. The minimum absolute atomic E-state index is 0.276. The zero-order valence-electron chi connectivity index (χ0n) is 11.8. The summed E-state index contributed by atoms with van der Waals surface area (Å²) in [5.41, 5.74) is 0.